The van der Waals surface area contributed by atoms with Crippen LogP contribution in [0.3, 0.4) is 0 Å². The molecule has 1 aromatic carbocycles. The topological polar surface area (TPSA) is 81.5 Å². The number of hydrogen-bond acceptors (Lipinski definition) is 2. The summed E-state index contributed by atoms with van der Waals surface area (Å²) in [5, 5.41) is 0. The number of carbonyl (C=O) groups excluding carboxylic acids is 1. The summed E-state index contributed by atoms with van der Waals surface area (Å²) in [4.78, 5) is 15.2. The van der Waals surface area contributed by atoms with Gasteiger partial charge in [0, 0.05) is 5.56 Å². The van der Waals surface area contributed by atoms with Gasteiger partial charge in [0.2, 0.25) is 5.91 Å². The predicted molar refractivity (Wildman–Crippen MR) is 65.1 cm³/mol. The van der Waals surface area contributed by atoms with Crippen LogP contribution in [0.2, 0.25) is 0 Å². The number of aliphatic imine (C=N–C) groups is 1. The number of rotatable bonds is 4. The first kappa shape index (κ1) is 12.2. The molecule has 1 amide bonds. The van der Waals surface area contributed by atoms with Crippen molar-refractivity contribution in [3.63, 3.8) is 0 Å². The van der Waals surface area contributed by atoms with Crippen molar-refractivity contribution in [3.05, 3.63) is 35.9 Å². The Kier molecular flexibility index (Phi) is 3.66. The van der Waals surface area contributed by atoms with E-state index in [1.54, 1.807) is 0 Å². The largest absolute Gasteiger partial charge is 0.383 e. The van der Waals surface area contributed by atoms with Gasteiger partial charge in [0.1, 0.15) is 5.84 Å². The molecule has 4 nitrogen and oxygen atoms in total. The molecule has 1 rings (SSSR count). The molecule has 0 bridgehead atoms. The molecule has 0 radical (unpaired) electrons. The third-order valence-electron chi connectivity index (χ3n) is 2.10. The third-order valence-corrected chi connectivity index (χ3v) is 2.10. The Balaban J connectivity index is 2.88. The number of nitrogens with zero attached hydrogens (tertiary/aromatic N) is 1. The van der Waals surface area contributed by atoms with Gasteiger partial charge in [-0.1, -0.05) is 30.3 Å². The highest BCUT2D eigenvalue weighted by molar-refractivity contribution is 5.97. The first-order valence-electron chi connectivity index (χ1n) is 5.10. The van der Waals surface area contributed by atoms with Crippen molar-refractivity contribution < 1.29 is 4.79 Å². The number of carbonyl (C=O) groups is 1. The van der Waals surface area contributed by atoms with Crippen LogP contribution in [0.25, 0.3) is 0 Å². The second kappa shape index (κ2) is 4.79. The Bertz CT molecular complexity index is 396. The maximum absolute atomic E-state index is 10.8. The minimum absolute atomic E-state index is 0.181. The summed E-state index contributed by atoms with van der Waals surface area (Å²) in [6.07, 6.45) is 0.181. The van der Waals surface area contributed by atoms with Crippen molar-refractivity contribution in [2.24, 2.45) is 16.5 Å². The number of nitrogens with two attached hydrogens (primary N) is 2. The van der Waals surface area contributed by atoms with Crippen LogP contribution in [0.4, 0.5) is 0 Å². The Hall–Kier alpha value is -1.84. The van der Waals surface area contributed by atoms with Gasteiger partial charge in [-0.25, -0.2) is 0 Å². The van der Waals surface area contributed by atoms with Crippen LogP contribution in [0, 0.1) is 0 Å². The van der Waals surface area contributed by atoms with E-state index in [9.17, 15) is 4.79 Å². The predicted octanol–water partition coefficient (Wildman–Crippen LogP) is 1.05. The zero-order chi connectivity index (χ0) is 12.2. The normalized spacial score (nSPS) is 12.5. The fourth-order valence-electron chi connectivity index (χ4n) is 1.47. The monoisotopic (exact) mass is 219 g/mol. The molecule has 4 heteroatoms. The second-order valence-electron chi connectivity index (χ2n) is 4.32. The number of amidine groups is 1. The minimum atomic E-state index is -0.564. The molecule has 4 N–H and O–H groups in total. The molecule has 0 aromatic heterocycles. The fourth-order valence-corrected chi connectivity index (χ4v) is 1.47. The van der Waals surface area contributed by atoms with Crippen LogP contribution in [-0.2, 0) is 4.79 Å². The highest BCUT2D eigenvalue weighted by Gasteiger charge is 2.19. The maximum atomic E-state index is 10.8. The summed E-state index contributed by atoms with van der Waals surface area (Å²) in [6, 6.07) is 9.43. The van der Waals surface area contributed by atoms with Crippen molar-refractivity contribution in [2.45, 2.75) is 25.8 Å². The molecule has 0 spiro atoms. The Morgan fingerprint density at radius 3 is 2.31 bits per heavy atom. The lowest BCUT2D eigenvalue weighted by Gasteiger charge is -2.18. The number of benzene rings is 1. The molecular formula is C12H17N3O. The van der Waals surface area contributed by atoms with Gasteiger partial charge in [-0.3, -0.25) is 9.79 Å². The van der Waals surface area contributed by atoms with E-state index in [2.05, 4.69) is 4.99 Å². The molecule has 0 unspecified atom stereocenters. The highest BCUT2D eigenvalue weighted by atomic mass is 16.1. The third kappa shape index (κ3) is 3.73. The van der Waals surface area contributed by atoms with Crippen LogP contribution in [0.1, 0.15) is 25.8 Å². The molecule has 0 aliphatic carbocycles. The average molecular weight is 219 g/mol. The second-order valence-corrected chi connectivity index (χ2v) is 4.32. The standard InChI is InChI=1S/C12H17N3O/c1-12(2,8-10(13)16)15-11(14)9-6-4-3-5-7-9/h3-7H,8H2,1-2H3,(H2,13,16)(H2,14,15). The number of amides is 1. The molecule has 0 aliphatic heterocycles. The van der Waals surface area contributed by atoms with Gasteiger partial charge in [0.05, 0.1) is 12.0 Å². The Labute approximate surface area is 95.4 Å². The van der Waals surface area contributed by atoms with Crippen molar-refractivity contribution in [3.8, 4) is 0 Å². The van der Waals surface area contributed by atoms with Gasteiger partial charge in [-0.05, 0) is 13.8 Å². The fraction of sp³-hybridized carbons (Fsp3) is 0.333. The summed E-state index contributed by atoms with van der Waals surface area (Å²) >= 11 is 0. The van der Waals surface area contributed by atoms with E-state index >= 15 is 0 Å². The van der Waals surface area contributed by atoms with E-state index in [0.29, 0.717) is 5.84 Å². The van der Waals surface area contributed by atoms with E-state index in [1.807, 2.05) is 44.2 Å². The molecule has 0 heterocycles. The Morgan fingerprint density at radius 1 is 1.25 bits per heavy atom. The molecule has 1 aromatic rings. The van der Waals surface area contributed by atoms with Crippen molar-refractivity contribution in [1.82, 2.24) is 0 Å². The first-order chi connectivity index (χ1) is 7.41. The summed E-state index contributed by atoms with van der Waals surface area (Å²) in [5.41, 5.74) is 11.3. The van der Waals surface area contributed by atoms with Crippen LogP contribution < -0.4 is 11.5 Å². The zero-order valence-electron chi connectivity index (χ0n) is 9.60. The van der Waals surface area contributed by atoms with E-state index in [1.165, 1.54) is 0 Å². The van der Waals surface area contributed by atoms with E-state index < -0.39 is 5.54 Å². The zero-order valence-corrected chi connectivity index (χ0v) is 9.60. The molecule has 0 atom stereocenters. The lowest BCUT2D eigenvalue weighted by atomic mass is 10.0. The average Bonchev–Trinajstić information content (AvgIpc) is 2.16. The summed E-state index contributed by atoms with van der Waals surface area (Å²) < 4.78 is 0. The summed E-state index contributed by atoms with van der Waals surface area (Å²) in [5.74, 6) is 0.0430. The highest BCUT2D eigenvalue weighted by Crippen LogP contribution is 2.14. The number of hydrogen-bond donors (Lipinski definition) is 2. The van der Waals surface area contributed by atoms with E-state index in [4.69, 9.17) is 11.5 Å². The Morgan fingerprint density at radius 2 is 1.81 bits per heavy atom. The van der Waals surface area contributed by atoms with Gasteiger partial charge in [0.25, 0.3) is 0 Å². The van der Waals surface area contributed by atoms with Gasteiger partial charge in [-0.15, -0.1) is 0 Å². The first-order valence-corrected chi connectivity index (χ1v) is 5.10. The lowest BCUT2D eigenvalue weighted by Crippen LogP contribution is -2.29. The molecular weight excluding hydrogens is 202 g/mol. The molecule has 0 saturated carbocycles. The molecule has 86 valence electrons. The van der Waals surface area contributed by atoms with Crippen molar-refractivity contribution in [1.29, 1.82) is 0 Å². The quantitative estimate of drug-likeness (QED) is 0.586. The summed E-state index contributed by atoms with van der Waals surface area (Å²) in [6.45, 7) is 3.65. The van der Waals surface area contributed by atoms with E-state index in [-0.39, 0.29) is 12.3 Å². The van der Waals surface area contributed by atoms with Gasteiger partial charge < -0.3 is 11.5 Å². The van der Waals surface area contributed by atoms with Gasteiger partial charge in [0.15, 0.2) is 0 Å². The molecule has 0 fully saturated rings. The van der Waals surface area contributed by atoms with Crippen molar-refractivity contribution >= 4 is 11.7 Å². The van der Waals surface area contributed by atoms with Gasteiger partial charge in [-0.2, -0.15) is 0 Å². The summed E-state index contributed by atoms with van der Waals surface area (Å²) in [7, 11) is 0. The van der Waals surface area contributed by atoms with Crippen LogP contribution in [0.15, 0.2) is 35.3 Å². The van der Waals surface area contributed by atoms with E-state index in [0.717, 1.165) is 5.56 Å². The van der Waals surface area contributed by atoms with Crippen LogP contribution in [0.5, 0.6) is 0 Å². The maximum Gasteiger partial charge on any atom is 0.219 e. The smallest absolute Gasteiger partial charge is 0.219 e. The van der Waals surface area contributed by atoms with Crippen LogP contribution in [-0.4, -0.2) is 17.3 Å². The molecule has 16 heavy (non-hydrogen) atoms. The lowest BCUT2D eigenvalue weighted by molar-refractivity contribution is -0.118. The number of primary amides is 1. The SMILES string of the molecule is CC(C)(CC(N)=O)N=C(N)c1ccccc1. The van der Waals surface area contributed by atoms with Crippen LogP contribution >= 0.6 is 0 Å². The van der Waals surface area contributed by atoms with Gasteiger partial charge >= 0.3 is 0 Å². The molecule has 0 aliphatic rings. The minimum Gasteiger partial charge on any atom is -0.383 e. The van der Waals surface area contributed by atoms with Crippen molar-refractivity contribution in [2.75, 3.05) is 0 Å². The molecule has 0 saturated heterocycles.